The van der Waals surface area contributed by atoms with E-state index >= 15 is 0 Å². The molecule has 2 aliphatic rings. The summed E-state index contributed by atoms with van der Waals surface area (Å²) in [5.74, 6) is 1.42. The Morgan fingerprint density at radius 2 is 1.55 bits per heavy atom. The molecule has 0 radical (unpaired) electrons. The van der Waals surface area contributed by atoms with Gasteiger partial charge in [-0.1, -0.05) is 31.0 Å². The lowest BCUT2D eigenvalue weighted by Crippen LogP contribution is -2.39. The highest BCUT2D eigenvalue weighted by Crippen LogP contribution is 2.31. The van der Waals surface area contributed by atoms with Gasteiger partial charge in [-0.15, -0.1) is 0 Å². The van der Waals surface area contributed by atoms with Crippen molar-refractivity contribution in [3.63, 3.8) is 0 Å². The number of fused-ring (bicyclic) bond motifs is 3. The van der Waals surface area contributed by atoms with Crippen LogP contribution in [0.25, 0.3) is 0 Å². The van der Waals surface area contributed by atoms with Crippen molar-refractivity contribution in [3.05, 3.63) is 30.3 Å². The number of anilines is 1. The summed E-state index contributed by atoms with van der Waals surface area (Å²) < 4.78 is 0. The summed E-state index contributed by atoms with van der Waals surface area (Å²) in [7, 11) is 0. The molecule has 3 rings (SSSR count). The minimum atomic E-state index is 0.0787. The first-order valence-electron chi connectivity index (χ1n) is 7.92. The molecule has 2 atom stereocenters. The molecule has 0 aromatic heterocycles. The fourth-order valence-electron chi connectivity index (χ4n) is 3.58. The van der Waals surface area contributed by atoms with Gasteiger partial charge in [-0.25, -0.2) is 4.79 Å². The van der Waals surface area contributed by atoms with Crippen molar-refractivity contribution in [2.24, 2.45) is 11.8 Å². The predicted octanol–water partition coefficient (Wildman–Crippen LogP) is 4.12. The average Bonchev–Trinajstić information content (AvgIpc) is 2.58. The third-order valence-electron chi connectivity index (χ3n) is 4.73. The highest BCUT2D eigenvalue weighted by molar-refractivity contribution is 5.89. The summed E-state index contributed by atoms with van der Waals surface area (Å²) in [6.45, 7) is 1.88. The first kappa shape index (κ1) is 13.5. The van der Waals surface area contributed by atoms with E-state index in [0.717, 1.165) is 18.8 Å². The molecular formula is C17H24N2O. The summed E-state index contributed by atoms with van der Waals surface area (Å²) in [6.07, 6.45) is 7.88. The van der Waals surface area contributed by atoms with Crippen LogP contribution < -0.4 is 5.32 Å². The summed E-state index contributed by atoms with van der Waals surface area (Å²) in [4.78, 5) is 14.5. The second-order valence-corrected chi connectivity index (χ2v) is 6.30. The number of para-hydroxylation sites is 1. The van der Waals surface area contributed by atoms with E-state index in [1.54, 1.807) is 0 Å². The van der Waals surface area contributed by atoms with Crippen LogP contribution >= 0.6 is 0 Å². The Morgan fingerprint density at radius 1 is 0.950 bits per heavy atom. The van der Waals surface area contributed by atoms with Crippen LogP contribution in [0.3, 0.4) is 0 Å². The van der Waals surface area contributed by atoms with Gasteiger partial charge in [-0.3, -0.25) is 0 Å². The Kier molecular flexibility index (Phi) is 4.24. The Labute approximate surface area is 121 Å². The van der Waals surface area contributed by atoms with Crippen LogP contribution in [-0.4, -0.2) is 24.0 Å². The van der Waals surface area contributed by atoms with Crippen LogP contribution in [0.4, 0.5) is 10.5 Å². The zero-order valence-corrected chi connectivity index (χ0v) is 12.1. The number of nitrogens with one attached hydrogen (secondary N) is 1. The second kappa shape index (κ2) is 6.29. The number of benzene rings is 1. The number of rotatable bonds is 1. The van der Waals surface area contributed by atoms with Crippen LogP contribution in [-0.2, 0) is 0 Å². The molecule has 3 heteroatoms. The molecule has 1 saturated heterocycles. The van der Waals surface area contributed by atoms with Gasteiger partial charge in [-0.05, 0) is 49.7 Å². The first-order valence-corrected chi connectivity index (χ1v) is 7.92. The summed E-state index contributed by atoms with van der Waals surface area (Å²) in [6, 6.07) is 9.85. The molecule has 2 bridgehead atoms. The third-order valence-corrected chi connectivity index (χ3v) is 4.73. The molecule has 1 aromatic rings. The summed E-state index contributed by atoms with van der Waals surface area (Å²) in [5.41, 5.74) is 0.893. The Bertz CT molecular complexity index is 430. The molecule has 3 nitrogen and oxygen atoms in total. The van der Waals surface area contributed by atoms with Gasteiger partial charge in [0.2, 0.25) is 0 Å². The maximum atomic E-state index is 12.5. The lowest BCUT2D eigenvalue weighted by Gasteiger charge is -2.25. The van der Waals surface area contributed by atoms with Gasteiger partial charge < -0.3 is 10.2 Å². The van der Waals surface area contributed by atoms with Gasteiger partial charge in [0.25, 0.3) is 0 Å². The largest absolute Gasteiger partial charge is 0.324 e. The molecule has 1 N–H and O–H groups in total. The van der Waals surface area contributed by atoms with E-state index in [2.05, 4.69) is 10.2 Å². The summed E-state index contributed by atoms with van der Waals surface area (Å²) >= 11 is 0. The van der Waals surface area contributed by atoms with Gasteiger partial charge >= 0.3 is 6.03 Å². The molecule has 2 unspecified atom stereocenters. The third kappa shape index (κ3) is 3.33. The van der Waals surface area contributed by atoms with Crippen molar-refractivity contribution in [2.45, 2.75) is 38.5 Å². The molecule has 20 heavy (non-hydrogen) atoms. The van der Waals surface area contributed by atoms with Gasteiger partial charge in [0.1, 0.15) is 0 Å². The molecule has 1 saturated carbocycles. The highest BCUT2D eigenvalue weighted by atomic mass is 16.2. The molecule has 1 aliphatic carbocycles. The van der Waals surface area contributed by atoms with Gasteiger partial charge in [0.05, 0.1) is 0 Å². The Hall–Kier alpha value is -1.51. The van der Waals surface area contributed by atoms with Crippen molar-refractivity contribution in [3.8, 4) is 0 Å². The molecular weight excluding hydrogens is 248 g/mol. The van der Waals surface area contributed by atoms with E-state index in [4.69, 9.17) is 0 Å². The molecule has 0 spiro atoms. The molecule has 2 amide bonds. The molecule has 1 heterocycles. The number of amides is 2. The zero-order chi connectivity index (χ0) is 13.8. The minimum Gasteiger partial charge on any atom is -0.324 e. The van der Waals surface area contributed by atoms with Crippen molar-refractivity contribution >= 4 is 11.7 Å². The summed E-state index contributed by atoms with van der Waals surface area (Å²) in [5, 5.41) is 3.04. The van der Waals surface area contributed by atoms with Crippen LogP contribution in [0.2, 0.25) is 0 Å². The van der Waals surface area contributed by atoms with Crippen LogP contribution in [0.1, 0.15) is 38.5 Å². The average molecular weight is 272 g/mol. The van der Waals surface area contributed by atoms with Gasteiger partial charge in [0.15, 0.2) is 0 Å². The van der Waals surface area contributed by atoms with Crippen LogP contribution in [0.15, 0.2) is 30.3 Å². The number of likely N-dealkylation sites (tertiary alicyclic amines) is 1. The number of nitrogens with zero attached hydrogens (tertiary/aromatic N) is 1. The monoisotopic (exact) mass is 272 g/mol. The van der Waals surface area contributed by atoms with Crippen molar-refractivity contribution in [1.82, 2.24) is 4.90 Å². The van der Waals surface area contributed by atoms with E-state index < -0.39 is 0 Å². The second-order valence-electron chi connectivity index (χ2n) is 6.30. The Morgan fingerprint density at radius 3 is 2.15 bits per heavy atom. The van der Waals surface area contributed by atoms with Crippen LogP contribution in [0, 0.1) is 11.8 Å². The van der Waals surface area contributed by atoms with Crippen molar-refractivity contribution in [2.75, 3.05) is 18.4 Å². The van der Waals surface area contributed by atoms with Crippen molar-refractivity contribution in [1.29, 1.82) is 0 Å². The minimum absolute atomic E-state index is 0.0787. The van der Waals surface area contributed by atoms with E-state index in [9.17, 15) is 4.79 Å². The maximum Gasteiger partial charge on any atom is 0.321 e. The number of carbonyl (C=O) groups excluding carboxylic acids is 1. The number of urea groups is 1. The SMILES string of the molecule is O=C(Nc1ccccc1)N1CC2CCCCC(CC2)C1. The van der Waals surface area contributed by atoms with Crippen LogP contribution in [0.5, 0.6) is 0 Å². The maximum absolute atomic E-state index is 12.5. The lowest BCUT2D eigenvalue weighted by atomic mass is 9.87. The normalized spacial score (nSPS) is 26.5. The molecule has 2 fully saturated rings. The smallest absolute Gasteiger partial charge is 0.321 e. The highest BCUT2D eigenvalue weighted by Gasteiger charge is 2.28. The fraction of sp³-hybridized carbons (Fsp3) is 0.588. The number of hydrogen-bond acceptors (Lipinski definition) is 1. The number of hydrogen-bond donors (Lipinski definition) is 1. The number of carbonyl (C=O) groups is 1. The topological polar surface area (TPSA) is 32.3 Å². The Balaban J connectivity index is 1.67. The van der Waals surface area contributed by atoms with E-state index in [-0.39, 0.29) is 6.03 Å². The van der Waals surface area contributed by atoms with Gasteiger partial charge in [-0.2, -0.15) is 0 Å². The first-order chi connectivity index (χ1) is 9.81. The zero-order valence-electron chi connectivity index (χ0n) is 12.1. The standard InChI is InChI=1S/C17H24N2O/c20-17(18-16-8-2-1-3-9-16)19-12-14-6-4-5-7-15(13-19)11-10-14/h1-3,8-9,14-15H,4-7,10-13H2,(H,18,20). The van der Waals surface area contributed by atoms with Crippen molar-refractivity contribution < 1.29 is 4.79 Å². The molecule has 108 valence electrons. The predicted molar refractivity (Wildman–Crippen MR) is 81.7 cm³/mol. The van der Waals surface area contributed by atoms with E-state index in [1.165, 1.54) is 38.5 Å². The van der Waals surface area contributed by atoms with E-state index in [0.29, 0.717) is 11.8 Å². The molecule has 1 aliphatic heterocycles. The lowest BCUT2D eigenvalue weighted by molar-refractivity contribution is 0.200. The van der Waals surface area contributed by atoms with E-state index in [1.807, 2.05) is 30.3 Å². The van der Waals surface area contributed by atoms with Gasteiger partial charge in [0, 0.05) is 18.8 Å². The molecule has 1 aromatic carbocycles. The quantitative estimate of drug-likeness (QED) is 0.819. The fourth-order valence-corrected chi connectivity index (χ4v) is 3.58.